The number of anilines is 1. The van der Waals surface area contributed by atoms with E-state index >= 15 is 0 Å². The lowest BCUT2D eigenvalue weighted by atomic mass is 10.2. The molecule has 5 nitrogen and oxygen atoms in total. The van der Waals surface area contributed by atoms with Crippen LogP contribution in [-0.2, 0) is 4.79 Å². The molecule has 2 aromatic carbocycles. The van der Waals surface area contributed by atoms with Crippen LogP contribution in [0, 0.1) is 12.7 Å². The minimum atomic E-state index is -0.237. The van der Waals surface area contributed by atoms with Gasteiger partial charge < -0.3 is 9.80 Å². The van der Waals surface area contributed by atoms with E-state index in [1.807, 2.05) is 17.0 Å². The van der Waals surface area contributed by atoms with Crippen LogP contribution in [0.5, 0.6) is 0 Å². The monoisotopic (exact) mass is 454 g/mol. The number of hydrogen-bond acceptors (Lipinski definition) is 6. The second-order valence-corrected chi connectivity index (χ2v) is 9.24. The summed E-state index contributed by atoms with van der Waals surface area (Å²) in [6.07, 6.45) is 3.34. The van der Waals surface area contributed by atoms with Gasteiger partial charge in [-0.15, -0.1) is 0 Å². The highest BCUT2D eigenvalue weighted by Gasteiger charge is 2.22. The van der Waals surface area contributed by atoms with Gasteiger partial charge in [-0.2, -0.15) is 0 Å². The summed E-state index contributed by atoms with van der Waals surface area (Å²) >= 11 is 2.99. The van der Waals surface area contributed by atoms with Gasteiger partial charge in [0.15, 0.2) is 0 Å². The Morgan fingerprint density at radius 1 is 1.00 bits per heavy atom. The molecule has 1 aliphatic heterocycles. The SMILES string of the molecule is Cc1cccc(Sc2nccnc2SCC(=O)N2CCN(c3ccc(F)cc3)CC2)c1. The predicted octanol–water partition coefficient (Wildman–Crippen LogP) is 4.52. The average Bonchev–Trinajstić information content (AvgIpc) is 2.79. The number of benzene rings is 2. The molecule has 0 N–H and O–H groups in total. The first-order valence-electron chi connectivity index (χ1n) is 10.0. The topological polar surface area (TPSA) is 49.3 Å². The molecule has 1 aromatic heterocycles. The van der Waals surface area contributed by atoms with Crippen molar-refractivity contribution in [3.8, 4) is 0 Å². The third-order valence-corrected chi connectivity index (χ3v) is 7.07. The van der Waals surface area contributed by atoms with E-state index in [0.29, 0.717) is 18.8 Å². The number of carbonyl (C=O) groups is 1. The minimum Gasteiger partial charge on any atom is -0.368 e. The van der Waals surface area contributed by atoms with Gasteiger partial charge in [0, 0.05) is 49.2 Å². The summed E-state index contributed by atoms with van der Waals surface area (Å²) in [5.74, 6) is 0.191. The Kier molecular flexibility index (Phi) is 7.09. The molecule has 31 heavy (non-hydrogen) atoms. The number of carbonyl (C=O) groups excluding carboxylic acids is 1. The van der Waals surface area contributed by atoms with Crippen LogP contribution in [0.25, 0.3) is 0 Å². The summed E-state index contributed by atoms with van der Waals surface area (Å²) in [5, 5.41) is 1.58. The van der Waals surface area contributed by atoms with Gasteiger partial charge in [0.25, 0.3) is 0 Å². The van der Waals surface area contributed by atoms with E-state index in [9.17, 15) is 9.18 Å². The molecular weight excluding hydrogens is 431 g/mol. The summed E-state index contributed by atoms with van der Waals surface area (Å²) in [7, 11) is 0. The maximum Gasteiger partial charge on any atom is 0.233 e. The highest BCUT2D eigenvalue weighted by Crippen LogP contribution is 2.33. The standard InChI is InChI=1S/C23H23FN4OS2/c1-17-3-2-4-20(15-17)31-23-22(25-9-10-26-23)30-16-21(29)28-13-11-27(12-14-28)19-7-5-18(24)6-8-19/h2-10,15H,11-14,16H2,1H3. The number of halogens is 1. The summed E-state index contributed by atoms with van der Waals surface area (Å²) < 4.78 is 13.1. The highest BCUT2D eigenvalue weighted by molar-refractivity contribution is 8.02. The quantitative estimate of drug-likeness (QED) is 0.511. The average molecular weight is 455 g/mol. The first kappa shape index (κ1) is 21.6. The van der Waals surface area contributed by atoms with E-state index in [4.69, 9.17) is 0 Å². The van der Waals surface area contributed by atoms with Crippen LogP contribution in [0.15, 0.2) is 75.9 Å². The number of hydrogen-bond donors (Lipinski definition) is 0. The van der Waals surface area contributed by atoms with E-state index in [-0.39, 0.29) is 11.7 Å². The Morgan fingerprint density at radius 3 is 2.42 bits per heavy atom. The molecule has 3 aromatic rings. The largest absolute Gasteiger partial charge is 0.368 e. The van der Waals surface area contributed by atoms with Gasteiger partial charge in [-0.1, -0.05) is 41.2 Å². The number of piperazine rings is 1. The molecule has 1 fully saturated rings. The van der Waals surface area contributed by atoms with Crippen molar-refractivity contribution in [1.82, 2.24) is 14.9 Å². The van der Waals surface area contributed by atoms with Crippen LogP contribution in [0.2, 0.25) is 0 Å². The zero-order valence-electron chi connectivity index (χ0n) is 17.2. The molecule has 0 atom stereocenters. The van der Waals surface area contributed by atoms with Gasteiger partial charge in [0.1, 0.15) is 15.9 Å². The van der Waals surface area contributed by atoms with Crippen molar-refractivity contribution < 1.29 is 9.18 Å². The fourth-order valence-corrected chi connectivity index (χ4v) is 5.28. The first-order chi connectivity index (χ1) is 15.1. The first-order valence-corrected chi connectivity index (χ1v) is 11.9. The molecule has 8 heteroatoms. The number of aromatic nitrogens is 2. The van der Waals surface area contributed by atoms with Crippen LogP contribution in [0.1, 0.15) is 5.56 Å². The van der Waals surface area contributed by atoms with Crippen molar-refractivity contribution in [3.05, 3.63) is 72.3 Å². The maximum atomic E-state index is 13.1. The molecule has 160 valence electrons. The second-order valence-electron chi connectivity index (χ2n) is 7.22. The minimum absolute atomic E-state index is 0.0981. The van der Waals surface area contributed by atoms with Gasteiger partial charge >= 0.3 is 0 Å². The van der Waals surface area contributed by atoms with E-state index in [2.05, 4.69) is 33.9 Å². The van der Waals surface area contributed by atoms with Crippen molar-refractivity contribution >= 4 is 35.1 Å². The highest BCUT2D eigenvalue weighted by atomic mass is 32.2. The molecule has 0 radical (unpaired) electrons. The number of aryl methyl sites for hydroxylation is 1. The zero-order valence-corrected chi connectivity index (χ0v) is 18.8. The summed E-state index contributed by atoms with van der Waals surface area (Å²) in [6.45, 7) is 4.85. The van der Waals surface area contributed by atoms with Crippen LogP contribution < -0.4 is 4.90 Å². The van der Waals surface area contributed by atoms with Crippen molar-refractivity contribution in [3.63, 3.8) is 0 Å². The second kappa shape index (κ2) is 10.2. The maximum absolute atomic E-state index is 13.1. The Labute approximate surface area is 190 Å². The van der Waals surface area contributed by atoms with Gasteiger partial charge in [0.05, 0.1) is 5.75 Å². The Balaban J connectivity index is 1.32. The lowest BCUT2D eigenvalue weighted by Gasteiger charge is -2.36. The molecule has 4 rings (SSSR count). The molecule has 1 saturated heterocycles. The Morgan fingerprint density at radius 2 is 1.71 bits per heavy atom. The molecule has 0 bridgehead atoms. The summed E-state index contributed by atoms with van der Waals surface area (Å²) in [5.41, 5.74) is 2.18. The zero-order chi connectivity index (χ0) is 21.6. The van der Waals surface area contributed by atoms with Crippen LogP contribution >= 0.6 is 23.5 Å². The van der Waals surface area contributed by atoms with Crippen molar-refractivity contribution in [2.75, 3.05) is 36.8 Å². The van der Waals surface area contributed by atoms with Gasteiger partial charge in [0.2, 0.25) is 5.91 Å². The van der Waals surface area contributed by atoms with Crippen molar-refractivity contribution in [1.29, 1.82) is 0 Å². The van der Waals surface area contributed by atoms with Gasteiger partial charge in [-0.25, -0.2) is 14.4 Å². The summed E-state index contributed by atoms with van der Waals surface area (Å²) in [6, 6.07) is 14.7. The third-order valence-electron chi connectivity index (χ3n) is 4.99. The number of thioether (sulfide) groups is 1. The van der Waals surface area contributed by atoms with E-state index < -0.39 is 0 Å². The molecule has 1 aliphatic rings. The van der Waals surface area contributed by atoms with E-state index in [1.165, 1.54) is 29.5 Å². The predicted molar refractivity (Wildman–Crippen MR) is 123 cm³/mol. The molecule has 2 heterocycles. The number of rotatable bonds is 6. The number of amides is 1. The van der Waals surface area contributed by atoms with Crippen molar-refractivity contribution in [2.24, 2.45) is 0 Å². The van der Waals surface area contributed by atoms with Gasteiger partial charge in [-0.05, 0) is 43.3 Å². The molecule has 0 spiro atoms. The molecule has 1 amide bonds. The van der Waals surface area contributed by atoms with E-state index in [0.717, 1.165) is 33.7 Å². The van der Waals surface area contributed by atoms with Gasteiger partial charge in [-0.3, -0.25) is 4.79 Å². The summed E-state index contributed by atoms with van der Waals surface area (Å²) in [4.78, 5) is 26.8. The molecule has 0 unspecified atom stereocenters. The fraction of sp³-hybridized carbons (Fsp3) is 0.261. The van der Waals surface area contributed by atoms with Crippen LogP contribution in [0.4, 0.5) is 10.1 Å². The normalized spacial score (nSPS) is 14.0. The third kappa shape index (κ3) is 5.77. The molecular formula is C23H23FN4OS2. The Hall–Kier alpha value is -2.58. The Bertz CT molecular complexity index is 1040. The molecule has 0 saturated carbocycles. The molecule has 0 aliphatic carbocycles. The van der Waals surface area contributed by atoms with E-state index in [1.54, 1.807) is 36.3 Å². The van der Waals surface area contributed by atoms with Crippen molar-refractivity contribution in [2.45, 2.75) is 21.9 Å². The smallest absolute Gasteiger partial charge is 0.233 e. The lowest BCUT2D eigenvalue weighted by Crippen LogP contribution is -2.49. The van der Waals surface area contributed by atoms with Crippen LogP contribution in [-0.4, -0.2) is 52.7 Å². The fourth-order valence-electron chi connectivity index (χ4n) is 3.36. The number of nitrogens with zero attached hydrogens (tertiary/aromatic N) is 4. The lowest BCUT2D eigenvalue weighted by molar-refractivity contribution is -0.128. The van der Waals surface area contributed by atoms with Crippen LogP contribution in [0.3, 0.4) is 0 Å².